The third-order valence-corrected chi connectivity index (χ3v) is 3.82. The zero-order valence-corrected chi connectivity index (χ0v) is 13.3. The van der Waals surface area contributed by atoms with Gasteiger partial charge in [0.1, 0.15) is 0 Å². The van der Waals surface area contributed by atoms with Crippen molar-refractivity contribution in [2.75, 3.05) is 13.2 Å². The number of carbonyl (C=O) groups is 2. The molecule has 0 saturated carbocycles. The van der Waals surface area contributed by atoms with E-state index in [1.807, 2.05) is 0 Å². The number of carbonyl (C=O) groups excluding carboxylic acids is 1. The molecule has 122 valence electrons. The first kappa shape index (κ1) is 18.0. The lowest BCUT2D eigenvalue weighted by Crippen LogP contribution is -2.32. The molecule has 0 aromatic carbocycles. The summed E-state index contributed by atoms with van der Waals surface area (Å²) in [5, 5.41) is 11.8. The van der Waals surface area contributed by atoms with Crippen molar-refractivity contribution in [1.29, 1.82) is 0 Å². The predicted octanol–water partition coefficient (Wildman–Crippen LogP) is 2.59. The van der Waals surface area contributed by atoms with E-state index < -0.39 is 5.97 Å². The van der Waals surface area contributed by atoms with Gasteiger partial charge in [-0.15, -0.1) is 0 Å². The van der Waals surface area contributed by atoms with Crippen LogP contribution in [0.1, 0.15) is 58.8 Å². The van der Waals surface area contributed by atoms with Crippen molar-refractivity contribution >= 4 is 11.9 Å². The quantitative estimate of drug-likeness (QED) is 0.686. The van der Waals surface area contributed by atoms with Crippen molar-refractivity contribution in [2.24, 2.45) is 11.8 Å². The molecule has 1 aliphatic rings. The minimum Gasteiger partial charge on any atom is -0.481 e. The van der Waals surface area contributed by atoms with Gasteiger partial charge in [0.05, 0.1) is 6.10 Å². The van der Waals surface area contributed by atoms with Gasteiger partial charge in [-0.05, 0) is 43.9 Å². The molecule has 0 spiro atoms. The Morgan fingerprint density at radius 1 is 1.33 bits per heavy atom. The zero-order chi connectivity index (χ0) is 15.7. The van der Waals surface area contributed by atoms with E-state index in [2.05, 4.69) is 19.2 Å². The Morgan fingerprint density at radius 2 is 2.10 bits per heavy atom. The molecule has 1 rings (SSSR count). The van der Waals surface area contributed by atoms with Gasteiger partial charge >= 0.3 is 5.97 Å². The number of amides is 1. The number of carboxylic acid groups (broad SMARTS) is 1. The normalized spacial score (nSPS) is 20.2. The van der Waals surface area contributed by atoms with E-state index in [1.54, 1.807) is 0 Å². The molecule has 1 heterocycles. The van der Waals surface area contributed by atoms with Crippen LogP contribution in [0.3, 0.4) is 0 Å². The molecule has 1 unspecified atom stereocenters. The van der Waals surface area contributed by atoms with Crippen molar-refractivity contribution < 1.29 is 19.4 Å². The van der Waals surface area contributed by atoms with Gasteiger partial charge in [-0.1, -0.05) is 13.8 Å². The molecule has 21 heavy (non-hydrogen) atoms. The summed E-state index contributed by atoms with van der Waals surface area (Å²) < 4.78 is 5.60. The Labute approximate surface area is 127 Å². The summed E-state index contributed by atoms with van der Waals surface area (Å²) in [6.07, 6.45) is 5.72. The highest BCUT2D eigenvalue weighted by molar-refractivity contribution is 5.76. The summed E-state index contributed by atoms with van der Waals surface area (Å²) >= 11 is 0. The summed E-state index contributed by atoms with van der Waals surface area (Å²) in [5.74, 6) is -0.354. The highest BCUT2D eigenvalue weighted by atomic mass is 16.5. The average molecular weight is 299 g/mol. The number of hydrogen-bond acceptors (Lipinski definition) is 3. The maximum absolute atomic E-state index is 11.8. The number of aliphatic carboxylic acids is 1. The fraction of sp³-hybridized carbons (Fsp3) is 0.875. The van der Waals surface area contributed by atoms with E-state index in [0.717, 1.165) is 32.3 Å². The number of ether oxygens (including phenoxy) is 1. The van der Waals surface area contributed by atoms with Gasteiger partial charge in [0.15, 0.2) is 0 Å². The molecule has 0 bridgehead atoms. The van der Waals surface area contributed by atoms with Crippen LogP contribution in [-0.4, -0.2) is 36.2 Å². The monoisotopic (exact) mass is 299 g/mol. The smallest absolute Gasteiger partial charge is 0.303 e. The standard InChI is InChI=1S/C16H29NO4/c1-12(2)9-13(10-16(19)20)11-17-15(18)7-6-14-5-3-4-8-21-14/h12-14H,3-11H2,1-2H3,(H,17,18)(H,19,20)/t13-,14?/m0/s1. The Balaban J connectivity index is 2.23. The Bertz CT molecular complexity index is 324. The second kappa shape index (κ2) is 9.77. The molecule has 1 fully saturated rings. The maximum Gasteiger partial charge on any atom is 0.303 e. The van der Waals surface area contributed by atoms with Gasteiger partial charge in [0, 0.05) is 26.0 Å². The van der Waals surface area contributed by atoms with Crippen molar-refractivity contribution in [3.05, 3.63) is 0 Å². The van der Waals surface area contributed by atoms with Crippen LogP contribution < -0.4 is 5.32 Å². The van der Waals surface area contributed by atoms with Crippen LogP contribution in [0.2, 0.25) is 0 Å². The minimum atomic E-state index is -0.800. The molecule has 0 aromatic heterocycles. The van der Waals surface area contributed by atoms with Gasteiger partial charge in [0.25, 0.3) is 0 Å². The van der Waals surface area contributed by atoms with Crippen LogP contribution >= 0.6 is 0 Å². The summed E-state index contributed by atoms with van der Waals surface area (Å²) in [7, 11) is 0. The van der Waals surface area contributed by atoms with Gasteiger partial charge < -0.3 is 15.2 Å². The third kappa shape index (κ3) is 8.71. The molecular weight excluding hydrogens is 270 g/mol. The van der Waals surface area contributed by atoms with E-state index >= 15 is 0 Å². The predicted molar refractivity (Wildman–Crippen MR) is 81.0 cm³/mol. The lowest BCUT2D eigenvalue weighted by Gasteiger charge is -2.22. The summed E-state index contributed by atoms with van der Waals surface area (Å²) in [6, 6.07) is 0. The first-order chi connectivity index (χ1) is 9.97. The first-order valence-corrected chi connectivity index (χ1v) is 8.07. The number of rotatable bonds is 9. The first-order valence-electron chi connectivity index (χ1n) is 8.07. The van der Waals surface area contributed by atoms with Crippen LogP contribution in [0.4, 0.5) is 0 Å². The largest absolute Gasteiger partial charge is 0.481 e. The van der Waals surface area contributed by atoms with E-state index in [9.17, 15) is 9.59 Å². The van der Waals surface area contributed by atoms with E-state index in [1.165, 1.54) is 6.42 Å². The van der Waals surface area contributed by atoms with Gasteiger partial charge in [-0.3, -0.25) is 9.59 Å². The second-order valence-electron chi connectivity index (χ2n) is 6.42. The van der Waals surface area contributed by atoms with Crippen molar-refractivity contribution in [1.82, 2.24) is 5.32 Å². The van der Waals surface area contributed by atoms with Crippen LogP contribution in [0.25, 0.3) is 0 Å². The molecule has 0 radical (unpaired) electrons. The molecule has 0 aromatic rings. The highest BCUT2D eigenvalue weighted by Gasteiger charge is 2.18. The average Bonchev–Trinajstić information content (AvgIpc) is 2.42. The molecule has 5 nitrogen and oxygen atoms in total. The van der Waals surface area contributed by atoms with Gasteiger partial charge in [-0.25, -0.2) is 0 Å². The topological polar surface area (TPSA) is 75.6 Å². The highest BCUT2D eigenvalue weighted by Crippen LogP contribution is 2.17. The van der Waals surface area contributed by atoms with Crippen molar-refractivity contribution in [3.63, 3.8) is 0 Å². The molecular formula is C16H29NO4. The SMILES string of the molecule is CC(C)C[C@H](CNC(=O)CCC1CCCCO1)CC(=O)O. The lowest BCUT2D eigenvalue weighted by atomic mass is 9.94. The number of hydrogen-bond donors (Lipinski definition) is 2. The van der Waals surface area contributed by atoms with Gasteiger partial charge in [-0.2, -0.15) is 0 Å². The zero-order valence-electron chi connectivity index (χ0n) is 13.3. The molecule has 1 amide bonds. The summed E-state index contributed by atoms with van der Waals surface area (Å²) in [4.78, 5) is 22.7. The molecule has 5 heteroatoms. The molecule has 1 saturated heterocycles. The molecule has 2 N–H and O–H groups in total. The lowest BCUT2D eigenvalue weighted by molar-refractivity contribution is -0.138. The number of carboxylic acids is 1. The molecule has 0 aliphatic carbocycles. The van der Waals surface area contributed by atoms with E-state index in [0.29, 0.717) is 18.9 Å². The van der Waals surface area contributed by atoms with Crippen LogP contribution in [0.5, 0.6) is 0 Å². The van der Waals surface area contributed by atoms with Crippen LogP contribution in [0.15, 0.2) is 0 Å². The van der Waals surface area contributed by atoms with Crippen LogP contribution in [-0.2, 0) is 14.3 Å². The summed E-state index contributed by atoms with van der Waals surface area (Å²) in [5.41, 5.74) is 0. The Morgan fingerprint density at radius 3 is 2.67 bits per heavy atom. The molecule has 1 aliphatic heterocycles. The van der Waals surface area contributed by atoms with Crippen molar-refractivity contribution in [2.45, 2.75) is 64.9 Å². The van der Waals surface area contributed by atoms with E-state index in [4.69, 9.17) is 9.84 Å². The van der Waals surface area contributed by atoms with Crippen molar-refractivity contribution in [3.8, 4) is 0 Å². The Hall–Kier alpha value is -1.10. The Kier molecular flexibility index (Phi) is 8.35. The molecule has 2 atom stereocenters. The fourth-order valence-electron chi connectivity index (χ4n) is 2.83. The second-order valence-corrected chi connectivity index (χ2v) is 6.42. The van der Waals surface area contributed by atoms with Gasteiger partial charge in [0.2, 0.25) is 5.91 Å². The third-order valence-electron chi connectivity index (χ3n) is 3.82. The maximum atomic E-state index is 11.8. The minimum absolute atomic E-state index is 0.00307. The van der Waals surface area contributed by atoms with Crippen LogP contribution in [0, 0.1) is 11.8 Å². The summed E-state index contributed by atoms with van der Waals surface area (Å²) in [6.45, 7) is 5.39. The van der Waals surface area contributed by atoms with E-state index in [-0.39, 0.29) is 24.3 Å². The number of nitrogens with one attached hydrogen (secondary N) is 1. The fourth-order valence-corrected chi connectivity index (χ4v) is 2.83.